The molecule has 0 spiro atoms. The van der Waals surface area contributed by atoms with E-state index in [4.69, 9.17) is 23.2 Å². The molecule has 0 atom stereocenters. The van der Waals surface area contributed by atoms with Crippen LogP contribution in [0.4, 0.5) is 5.69 Å². The Morgan fingerprint density at radius 1 is 1.03 bits per heavy atom. The summed E-state index contributed by atoms with van der Waals surface area (Å²) in [5.41, 5.74) is 2.33. The highest BCUT2D eigenvalue weighted by Crippen LogP contribution is 2.29. The van der Waals surface area contributed by atoms with E-state index in [9.17, 15) is 10.1 Å². The maximum atomic E-state index is 12.6. The Hall–Kier alpha value is -3.38. The van der Waals surface area contributed by atoms with Crippen molar-refractivity contribution in [3.63, 3.8) is 0 Å². The van der Waals surface area contributed by atoms with Gasteiger partial charge in [-0.2, -0.15) is 5.26 Å². The quantitative estimate of drug-likeness (QED) is 0.379. The Labute approximate surface area is 198 Å². The van der Waals surface area contributed by atoms with Crippen LogP contribution in [-0.2, 0) is 4.79 Å². The third kappa shape index (κ3) is 4.92. The summed E-state index contributed by atoms with van der Waals surface area (Å²) in [5, 5.41) is 22.1. The minimum absolute atomic E-state index is 0.0550. The van der Waals surface area contributed by atoms with Crippen LogP contribution < -0.4 is 5.32 Å². The normalized spacial score (nSPS) is 10.5. The molecule has 0 fully saturated rings. The van der Waals surface area contributed by atoms with E-state index in [0.717, 1.165) is 11.3 Å². The van der Waals surface area contributed by atoms with E-state index in [1.807, 2.05) is 34.9 Å². The summed E-state index contributed by atoms with van der Waals surface area (Å²) in [6.07, 6.45) is 3.35. The summed E-state index contributed by atoms with van der Waals surface area (Å²) < 4.78 is 1.85. The lowest BCUT2D eigenvalue weighted by Crippen LogP contribution is -2.15. The molecule has 32 heavy (non-hydrogen) atoms. The lowest BCUT2D eigenvalue weighted by atomic mass is 10.2. The largest absolute Gasteiger partial charge is 0.324 e. The Balaban J connectivity index is 1.60. The predicted molar refractivity (Wildman–Crippen MR) is 125 cm³/mol. The van der Waals surface area contributed by atoms with Crippen molar-refractivity contribution in [1.29, 1.82) is 5.26 Å². The molecule has 7 nitrogen and oxygen atoms in total. The number of rotatable bonds is 6. The van der Waals surface area contributed by atoms with Crippen LogP contribution in [0.5, 0.6) is 0 Å². The molecule has 4 aromatic rings. The number of amides is 1. The van der Waals surface area contributed by atoms with Gasteiger partial charge in [0, 0.05) is 33.7 Å². The van der Waals surface area contributed by atoms with E-state index in [1.165, 1.54) is 11.8 Å². The minimum atomic E-state index is -0.301. The van der Waals surface area contributed by atoms with E-state index in [0.29, 0.717) is 32.3 Å². The summed E-state index contributed by atoms with van der Waals surface area (Å²) in [7, 11) is 0. The smallest absolute Gasteiger partial charge is 0.234 e. The molecule has 2 aromatic carbocycles. The van der Waals surface area contributed by atoms with E-state index in [1.54, 1.807) is 42.7 Å². The Morgan fingerprint density at radius 3 is 2.47 bits per heavy atom. The fourth-order valence-corrected chi connectivity index (χ4v) is 3.96. The summed E-state index contributed by atoms with van der Waals surface area (Å²) in [6.45, 7) is 0. The standard InChI is InChI=1S/C22H14Cl2N6OS/c23-16-3-5-18(6-4-16)30-21(14-7-9-26-10-8-14)28-29-22(30)32-13-20(31)27-19-11-17(24)2-1-15(19)12-25/h1-11H,13H2,(H,27,31). The number of carbonyl (C=O) groups is 1. The van der Waals surface area contributed by atoms with Crippen molar-refractivity contribution < 1.29 is 4.79 Å². The molecule has 2 aromatic heterocycles. The third-order valence-electron chi connectivity index (χ3n) is 4.37. The molecule has 0 aliphatic rings. The van der Waals surface area contributed by atoms with Crippen molar-refractivity contribution in [2.24, 2.45) is 0 Å². The van der Waals surface area contributed by atoms with Crippen molar-refractivity contribution in [3.05, 3.63) is 82.6 Å². The molecule has 0 saturated carbocycles. The Morgan fingerprint density at radius 2 is 1.75 bits per heavy atom. The minimum Gasteiger partial charge on any atom is -0.324 e. The van der Waals surface area contributed by atoms with Crippen LogP contribution in [0, 0.1) is 11.3 Å². The molecule has 1 amide bonds. The summed E-state index contributed by atoms with van der Waals surface area (Å²) in [4.78, 5) is 16.6. The molecular weight excluding hydrogens is 467 g/mol. The first-order chi connectivity index (χ1) is 15.5. The maximum absolute atomic E-state index is 12.6. The molecule has 0 radical (unpaired) electrons. The first-order valence-corrected chi connectivity index (χ1v) is 11.0. The SMILES string of the molecule is N#Cc1ccc(Cl)cc1NC(=O)CSc1nnc(-c2ccncc2)n1-c1ccc(Cl)cc1. The topological polar surface area (TPSA) is 96.5 Å². The van der Waals surface area contributed by atoms with Crippen LogP contribution in [0.15, 0.2) is 72.1 Å². The van der Waals surface area contributed by atoms with E-state index >= 15 is 0 Å². The van der Waals surface area contributed by atoms with Gasteiger partial charge in [-0.1, -0.05) is 35.0 Å². The summed E-state index contributed by atoms with van der Waals surface area (Å²) >= 11 is 13.3. The zero-order chi connectivity index (χ0) is 22.5. The number of benzene rings is 2. The Bertz CT molecular complexity index is 1300. The zero-order valence-electron chi connectivity index (χ0n) is 16.4. The number of nitrogens with one attached hydrogen (secondary N) is 1. The molecule has 0 bridgehead atoms. The van der Waals surface area contributed by atoms with Crippen molar-refractivity contribution in [2.75, 3.05) is 11.1 Å². The number of carbonyl (C=O) groups excluding carboxylic acids is 1. The van der Waals surface area contributed by atoms with E-state index in [2.05, 4.69) is 20.5 Å². The van der Waals surface area contributed by atoms with Crippen molar-refractivity contribution >= 4 is 46.6 Å². The van der Waals surface area contributed by atoms with Gasteiger partial charge >= 0.3 is 0 Å². The van der Waals surface area contributed by atoms with Gasteiger partial charge in [-0.05, 0) is 54.6 Å². The van der Waals surface area contributed by atoms with E-state index in [-0.39, 0.29) is 11.7 Å². The van der Waals surface area contributed by atoms with Gasteiger partial charge < -0.3 is 5.32 Å². The fourth-order valence-electron chi connectivity index (χ4n) is 2.91. The van der Waals surface area contributed by atoms with Gasteiger partial charge in [0.2, 0.25) is 5.91 Å². The zero-order valence-corrected chi connectivity index (χ0v) is 18.7. The van der Waals surface area contributed by atoms with Gasteiger partial charge in [0.25, 0.3) is 0 Å². The van der Waals surface area contributed by atoms with Crippen LogP contribution >= 0.6 is 35.0 Å². The number of nitriles is 1. The van der Waals surface area contributed by atoms with Crippen molar-refractivity contribution in [1.82, 2.24) is 19.7 Å². The number of hydrogen-bond donors (Lipinski definition) is 1. The number of thioether (sulfide) groups is 1. The van der Waals surface area contributed by atoms with Crippen LogP contribution in [0.1, 0.15) is 5.56 Å². The van der Waals surface area contributed by atoms with E-state index < -0.39 is 0 Å². The number of pyridine rings is 1. The Kier molecular flexibility index (Phi) is 6.71. The van der Waals surface area contributed by atoms with Gasteiger partial charge in [-0.15, -0.1) is 10.2 Å². The van der Waals surface area contributed by atoms with Gasteiger partial charge in [0.15, 0.2) is 11.0 Å². The second-order valence-electron chi connectivity index (χ2n) is 6.49. The van der Waals surface area contributed by atoms with Gasteiger partial charge in [0.1, 0.15) is 6.07 Å². The molecule has 0 unspecified atom stereocenters. The fraction of sp³-hybridized carbons (Fsp3) is 0.0455. The first-order valence-electron chi connectivity index (χ1n) is 9.29. The lowest BCUT2D eigenvalue weighted by Gasteiger charge is -2.11. The number of aromatic nitrogens is 4. The average molecular weight is 481 g/mol. The third-order valence-corrected chi connectivity index (χ3v) is 5.78. The summed E-state index contributed by atoms with van der Waals surface area (Å²) in [5.74, 6) is 0.364. The second kappa shape index (κ2) is 9.83. The molecule has 158 valence electrons. The monoisotopic (exact) mass is 480 g/mol. The molecule has 0 aliphatic carbocycles. The lowest BCUT2D eigenvalue weighted by molar-refractivity contribution is -0.113. The van der Waals surface area contributed by atoms with Crippen LogP contribution in [0.3, 0.4) is 0 Å². The molecule has 0 saturated heterocycles. The maximum Gasteiger partial charge on any atom is 0.234 e. The molecule has 1 N–H and O–H groups in total. The van der Waals surface area contributed by atoms with Gasteiger partial charge in [-0.25, -0.2) is 0 Å². The average Bonchev–Trinajstić information content (AvgIpc) is 3.23. The van der Waals surface area contributed by atoms with Crippen LogP contribution in [-0.4, -0.2) is 31.4 Å². The predicted octanol–water partition coefficient (Wildman–Crippen LogP) is 5.24. The van der Waals surface area contributed by atoms with Crippen molar-refractivity contribution in [2.45, 2.75) is 5.16 Å². The number of anilines is 1. The molecule has 4 rings (SSSR count). The number of halogens is 2. The molecule has 10 heteroatoms. The molecule has 2 heterocycles. The molecular formula is C22H14Cl2N6OS. The number of hydrogen-bond acceptors (Lipinski definition) is 6. The highest BCUT2D eigenvalue weighted by atomic mass is 35.5. The molecule has 0 aliphatic heterocycles. The van der Waals surface area contributed by atoms with Crippen LogP contribution in [0.25, 0.3) is 17.1 Å². The second-order valence-corrected chi connectivity index (χ2v) is 8.31. The van der Waals surface area contributed by atoms with Crippen LogP contribution in [0.2, 0.25) is 10.0 Å². The number of nitrogens with zero attached hydrogens (tertiary/aromatic N) is 5. The highest BCUT2D eigenvalue weighted by Gasteiger charge is 2.18. The van der Waals surface area contributed by atoms with Gasteiger partial charge in [0.05, 0.1) is 17.0 Å². The highest BCUT2D eigenvalue weighted by molar-refractivity contribution is 7.99. The first kappa shape index (κ1) is 21.8. The summed E-state index contributed by atoms with van der Waals surface area (Å²) in [6, 6.07) is 17.7. The van der Waals surface area contributed by atoms with Crippen molar-refractivity contribution in [3.8, 4) is 23.1 Å². The van der Waals surface area contributed by atoms with Gasteiger partial charge in [-0.3, -0.25) is 14.3 Å².